The second kappa shape index (κ2) is 13.6. The Morgan fingerprint density at radius 2 is 1.70 bits per heavy atom. The minimum atomic E-state index is -5.30. The van der Waals surface area contributed by atoms with Crippen LogP contribution in [0.3, 0.4) is 0 Å². The largest absolute Gasteiger partial charge is 1.00 e. The quantitative estimate of drug-likeness (QED) is 0.205. The second-order valence-corrected chi connectivity index (χ2v) is 7.42. The normalized spacial score (nSPS) is 10.9. The maximum atomic E-state index is 11.1. The molecule has 0 aliphatic heterocycles. The first-order valence-electron chi connectivity index (χ1n) is 7.91. The van der Waals surface area contributed by atoms with E-state index in [9.17, 15) is 24.6 Å². The molecule has 0 spiro atoms. The van der Waals surface area contributed by atoms with Crippen molar-refractivity contribution >= 4 is 35.9 Å². The van der Waals surface area contributed by atoms with E-state index in [4.69, 9.17) is 9.47 Å². The molecule has 2 aromatic carbocycles. The third-order valence-corrected chi connectivity index (χ3v) is 5.00. The molecule has 0 saturated heterocycles. The molecule has 2 aromatic rings. The van der Waals surface area contributed by atoms with Crippen LogP contribution in [0.25, 0.3) is 12.2 Å². The molecule has 0 aliphatic carbocycles. The Balaban J connectivity index is 0. The van der Waals surface area contributed by atoms with Crippen molar-refractivity contribution in [2.75, 3.05) is 14.2 Å². The van der Waals surface area contributed by atoms with Gasteiger partial charge in [0, 0.05) is 11.1 Å². The van der Waals surface area contributed by atoms with Gasteiger partial charge in [-0.15, -0.1) is 0 Å². The summed E-state index contributed by atoms with van der Waals surface area (Å²) in [7, 11) is -2.48. The SMILES string of the molecule is COc1ccc(/C=C\c2cc(CO)c(CO)c(OC)c2)c(OP(=O)([O-])[O-])c1Br.[H-].[Na+].[Na+]. The van der Waals surface area contributed by atoms with Gasteiger partial charge in [-0.25, -0.2) is 0 Å². The number of ether oxygens (including phenoxy) is 2. The third-order valence-electron chi connectivity index (χ3n) is 3.84. The van der Waals surface area contributed by atoms with E-state index in [0.717, 1.165) is 0 Å². The summed E-state index contributed by atoms with van der Waals surface area (Å²) in [6.07, 6.45) is 3.15. The van der Waals surface area contributed by atoms with Crippen molar-refractivity contribution in [3.8, 4) is 17.2 Å². The standard InChI is InChI=1S/C18H20BrO8P.2Na.H/c1-25-15-6-5-12(18(17(15)19)27-28(22,23)24)4-3-11-7-13(9-20)14(10-21)16(8-11)26-2;;;/h3-8,20-21H,9-10H2,1-2H3,(H2,22,23,24);;;/q;2*+1;-1/p-2/b4-3-;;;. The van der Waals surface area contributed by atoms with Crippen molar-refractivity contribution < 1.29 is 99.1 Å². The number of phosphoric ester groups is 1. The van der Waals surface area contributed by atoms with Crippen LogP contribution in [0.2, 0.25) is 0 Å². The average molecular weight is 520 g/mol. The summed E-state index contributed by atoms with van der Waals surface area (Å²) in [5.74, 6) is 0.479. The summed E-state index contributed by atoms with van der Waals surface area (Å²) in [5, 5.41) is 19.0. The van der Waals surface area contributed by atoms with E-state index >= 15 is 0 Å². The Morgan fingerprint density at radius 3 is 2.20 bits per heavy atom. The van der Waals surface area contributed by atoms with E-state index in [1.807, 2.05) is 0 Å². The molecule has 0 radical (unpaired) electrons. The van der Waals surface area contributed by atoms with Crippen LogP contribution in [0.4, 0.5) is 0 Å². The fraction of sp³-hybridized carbons (Fsp3) is 0.222. The molecule has 0 amide bonds. The first-order valence-corrected chi connectivity index (χ1v) is 10.2. The van der Waals surface area contributed by atoms with E-state index in [-0.39, 0.29) is 89.7 Å². The van der Waals surface area contributed by atoms with E-state index in [0.29, 0.717) is 28.0 Å². The fourth-order valence-electron chi connectivity index (χ4n) is 2.56. The van der Waals surface area contributed by atoms with Gasteiger partial charge in [-0.3, -0.25) is 0 Å². The Labute approximate surface area is 228 Å². The van der Waals surface area contributed by atoms with Crippen molar-refractivity contribution in [1.82, 2.24) is 0 Å². The van der Waals surface area contributed by atoms with Crippen molar-refractivity contribution in [2.45, 2.75) is 13.2 Å². The molecular weight excluding hydrogens is 501 g/mol. The summed E-state index contributed by atoms with van der Waals surface area (Å²) < 4.78 is 26.2. The van der Waals surface area contributed by atoms with Gasteiger partial charge >= 0.3 is 59.1 Å². The minimum Gasteiger partial charge on any atom is -1.00 e. The van der Waals surface area contributed by atoms with Gasteiger partial charge in [0.25, 0.3) is 0 Å². The summed E-state index contributed by atoms with van der Waals surface area (Å²) in [4.78, 5) is 22.2. The summed E-state index contributed by atoms with van der Waals surface area (Å²) in [6.45, 7) is -0.597. The van der Waals surface area contributed by atoms with E-state index in [1.54, 1.807) is 24.3 Å². The number of benzene rings is 2. The Hall–Kier alpha value is 0.130. The number of halogens is 1. The second-order valence-electron chi connectivity index (χ2n) is 5.55. The number of aliphatic hydroxyl groups is 2. The summed E-state index contributed by atoms with van der Waals surface area (Å²) in [6, 6.07) is 6.39. The predicted octanol–water partition coefficient (Wildman–Crippen LogP) is -4.05. The molecule has 30 heavy (non-hydrogen) atoms. The van der Waals surface area contributed by atoms with Gasteiger partial charge in [-0.1, -0.05) is 12.2 Å². The number of hydrogen-bond acceptors (Lipinski definition) is 8. The van der Waals surface area contributed by atoms with Crippen LogP contribution >= 0.6 is 23.8 Å². The maximum absolute atomic E-state index is 11.1. The number of methoxy groups -OCH3 is 2. The third kappa shape index (κ3) is 7.92. The van der Waals surface area contributed by atoms with Crippen LogP contribution in [0, 0.1) is 0 Å². The average Bonchev–Trinajstić information content (AvgIpc) is 2.66. The molecule has 0 aliphatic rings. The van der Waals surface area contributed by atoms with Crippen LogP contribution in [-0.2, 0) is 17.8 Å². The van der Waals surface area contributed by atoms with Crippen LogP contribution in [-0.4, -0.2) is 24.4 Å². The molecule has 8 nitrogen and oxygen atoms in total. The van der Waals surface area contributed by atoms with Crippen LogP contribution < -0.4 is 82.9 Å². The number of aliphatic hydroxyl groups excluding tert-OH is 2. The molecule has 0 aromatic heterocycles. The van der Waals surface area contributed by atoms with Gasteiger partial charge < -0.3 is 40.0 Å². The van der Waals surface area contributed by atoms with Gasteiger partial charge in [0.15, 0.2) is 0 Å². The van der Waals surface area contributed by atoms with Gasteiger partial charge in [-0.2, -0.15) is 0 Å². The number of hydrogen-bond donors (Lipinski definition) is 2. The summed E-state index contributed by atoms with van der Waals surface area (Å²) in [5.41, 5.74) is 1.87. The fourth-order valence-corrected chi connectivity index (χ4v) is 3.71. The number of phosphoric acid groups is 1. The Morgan fingerprint density at radius 1 is 1.07 bits per heavy atom. The summed E-state index contributed by atoms with van der Waals surface area (Å²) >= 11 is 3.17. The zero-order valence-electron chi connectivity index (χ0n) is 18.0. The molecule has 12 heteroatoms. The molecule has 0 bridgehead atoms. The number of rotatable bonds is 8. The first kappa shape index (κ1) is 30.1. The first-order chi connectivity index (χ1) is 13.2. The van der Waals surface area contributed by atoms with Crippen molar-refractivity contribution in [3.05, 3.63) is 51.0 Å². The van der Waals surface area contributed by atoms with E-state index in [1.165, 1.54) is 26.4 Å². The molecule has 0 heterocycles. The molecule has 0 saturated carbocycles. The molecule has 0 atom stereocenters. The maximum Gasteiger partial charge on any atom is 1.00 e. The van der Waals surface area contributed by atoms with Crippen molar-refractivity contribution in [1.29, 1.82) is 0 Å². The smallest absolute Gasteiger partial charge is 1.00 e. The molecular formula is C18H19BrNa2O8P-. The molecule has 2 N–H and O–H groups in total. The van der Waals surface area contributed by atoms with Gasteiger partial charge in [0.2, 0.25) is 0 Å². The Bertz CT molecular complexity index is 914. The molecule has 0 fully saturated rings. The minimum absolute atomic E-state index is 0. The predicted molar refractivity (Wildman–Crippen MR) is 104 cm³/mol. The zero-order chi connectivity index (χ0) is 20.9. The van der Waals surface area contributed by atoms with Crippen molar-refractivity contribution in [3.63, 3.8) is 0 Å². The Kier molecular flexibility index (Phi) is 13.7. The van der Waals surface area contributed by atoms with Crippen LogP contribution in [0.15, 0.2) is 28.7 Å². The molecule has 154 valence electrons. The van der Waals surface area contributed by atoms with E-state index < -0.39 is 7.82 Å². The molecule has 0 unspecified atom stereocenters. The zero-order valence-corrected chi connectivity index (χ0v) is 23.5. The van der Waals surface area contributed by atoms with Gasteiger partial charge in [0.05, 0.1) is 27.4 Å². The monoisotopic (exact) mass is 519 g/mol. The van der Waals surface area contributed by atoms with Crippen molar-refractivity contribution in [2.24, 2.45) is 0 Å². The van der Waals surface area contributed by atoms with Gasteiger partial charge in [0.1, 0.15) is 29.5 Å². The van der Waals surface area contributed by atoms with Crippen LogP contribution in [0.1, 0.15) is 23.7 Å². The van der Waals surface area contributed by atoms with Crippen LogP contribution in [0.5, 0.6) is 17.2 Å². The van der Waals surface area contributed by atoms with Gasteiger partial charge in [-0.05, 0) is 51.3 Å². The molecule has 2 rings (SSSR count). The topological polar surface area (TPSA) is 131 Å². The van der Waals surface area contributed by atoms with E-state index in [2.05, 4.69) is 20.5 Å².